The molecule has 0 atom stereocenters. The first-order chi connectivity index (χ1) is 7.11. The van der Waals surface area contributed by atoms with Crippen molar-refractivity contribution in [1.29, 1.82) is 0 Å². The van der Waals surface area contributed by atoms with E-state index in [1.165, 1.54) is 0 Å². The van der Waals surface area contributed by atoms with Crippen LogP contribution in [0.25, 0.3) is 0 Å². The smallest absolute Gasteiger partial charge is 0.304 e. The van der Waals surface area contributed by atoms with Gasteiger partial charge in [-0.1, -0.05) is 6.92 Å². The van der Waals surface area contributed by atoms with Gasteiger partial charge in [0.15, 0.2) is 0 Å². The summed E-state index contributed by atoms with van der Waals surface area (Å²) in [7, 11) is 1.87. The molecule has 0 spiro atoms. The quantitative estimate of drug-likeness (QED) is 0.753. The van der Waals surface area contributed by atoms with Gasteiger partial charge in [-0.05, 0) is 12.6 Å². The van der Waals surface area contributed by atoms with Crippen LogP contribution in [-0.2, 0) is 18.4 Å². The molecule has 0 amide bonds. The Balaban J connectivity index is 2.42. The van der Waals surface area contributed by atoms with E-state index in [1.807, 2.05) is 26.2 Å². The minimum absolute atomic E-state index is 0.181. The molecule has 1 aromatic heterocycles. The molecule has 0 fully saturated rings. The zero-order chi connectivity index (χ0) is 11.3. The number of carbonyl (C=O) groups is 1. The average molecular weight is 211 g/mol. The molecule has 5 nitrogen and oxygen atoms in total. The number of rotatable bonds is 6. The third kappa shape index (κ3) is 4.12. The molecule has 5 heteroatoms. The summed E-state index contributed by atoms with van der Waals surface area (Å²) in [6.07, 6.45) is 2.07. The number of carboxylic acids is 1. The first-order valence-corrected chi connectivity index (χ1v) is 5.04. The highest BCUT2D eigenvalue weighted by Gasteiger charge is 2.07. The van der Waals surface area contributed by atoms with Crippen LogP contribution >= 0.6 is 0 Å². The SMILES string of the molecule is CCN(CCC(=O)O)Cc1ccn(C)n1. The predicted molar refractivity (Wildman–Crippen MR) is 56.4 cm³/mol. The van der Waals surface area contributed by atoms with Crippen LogP contribution in [-0.4, -0.2) is 38.8 Å². The molecule has 0 aliphatic rings. The van der Waals surface area contributed by atoms with Crippen molar-refractivity contribution in [2.75, 3.05) is 13.1 Å². The molecular formula is C10H17N3O2. The van der Waals surface area contributed by atoms with Gasteiger partial charge in [0, 0.05) is 26.3 Å². The van der Waals surface area contributed by atoms with E-state index >= 15 is 0 Å². The lowest BCUT2D eigenvalue weighted by Crippen LogP contribution is -2.26. The molecule has 15 heavy (non-hydrogen) atoms. The van der Waals surface area contributed by atoms with Gasteiger partial charge in [0.1, 0.15) is 0 Å². The molecule has 0 saturated carbocycles. The molecule has 0 radical (unpaired) electrons. The maximum Gasteiger partial charge on any atom is 0.304 e. The van der Waals surface area contributed by atoms with Crippen molar-refractivity contribution in [3.63, 3.8) is 0 Å². The van der Waals surface area contributed by atoms with Crippen LogP contribution in [0.2, 0.25) is 0 Å². The summed E-state index contributed by atoms with van der Waals surface area (Å²) in [6.45, 7) is 4.14. The van der Waals surface area contributed by atoms with Crippen LogP contribution in [0.4, 0.5) is 0 Å². The molecule has 1 heterocycles. The van der Waals surface area contributed by atoms with Crippen molar-refractivity contribution < 1.29 is 9.90 Å². The lowest BCUT2D eigenvalue weighted by atomic mass is 10.3. The van der Waals surface area contributed by atoms with E-state index in [4.69, 9.17) is 5.11 Å². The lowest BCUT2D eigenvalue weighted by Gasteiger charge is -2.17. The second-order valence-corrected chi connectivity index (χ2v) is 3.49. The van der Waals surface area contributed by atoms with Gasteiger partial charge in [-0.15, -0.1) is 0 Å². The fourth-order valence-corrected chi connectivity index (χ4v) is 1.38. The topological polar surface area (TPSA) is 58.4 Å². The van der Waals surface area contributed by atoms with Gasteiger partial charge in [-0.3, -0.25) is 14.4 Å². The molecule has 0 saturated heterocycles. The first kappa shape index (κ1) is 11.7. The fourth-order valence-electron chi connectivity index (χ4n) is 1.38. The molecule has 0 bridgehead atoms. The highest BCUT2D eigenvalue weighted by Crippen LogP contribution is 2.02. The van der Waals surface area contributed by atoms with Crippen LogP contribution in [0.1, 0.15) is 19.0 Å². The van der Waals surface area contributed by atoms with Crippen molar-refractivity contribution in [1.82, 2.24) is 14.7 Å². The third-order valence-electron chi connectivity index (χ3n) is 2.24. The number of aliphatic carboxylic acids is 1. The van der Waals surface area contributed by atoms with Crippen LogP contribution in [0, 0.1) is 0 Å². The maximum atomic E-state index is 10.4. The first-order valence-electron chi connectivity index (χ1n) is 5.04. The van der Waals surface area contributed by atoms with Crippen molar-refractivity contribution in [2.45, 2.75) is 19.9 Å². The zero-order valence-corrected chi connectivity index (χ0v) is 9.18. The summed E-state index contributed by atoms with van der Waals surface area (Å²) in [4.78, 5) is 12.5. The van der Waals surface area contributed by atoms with Crippen LogP contribution in [0.15, 0.2) is 12.3 Å². The van der Waals surface area contributed by atoms with Gasteiger partial charge in [0.25, 0.3) is 0 Å². The Morgan fingerprint density at radius 1 is 1.67 bits per heavy atom. The number of aromatic nitrogens is 2. The normalized spacial score (nSPS) is 10.9. The Labute approximate surface area is 89.3 Å². The second kappa shape index (κ2) is 5.50. The zero-order valence-electron chi connectivity index (χ0n) is 9.18. The molecule has 0 aliphatic heterocycles. The number of carboxylic acid groups (broad SMARTS) is 1. The van der Waals surface area contributed by atoms with E-state index in [9.17, 15) is 4.79 Å². The lowest BCUT2D eigenvalue weighted by molar-refractivity contribution is -0.137. The van der Waals surface area contributed by atoms with Gasteiger partial charge in [0.05, 0.1) is 12.1 Å². The fraction of sp³-hybridized carbons (Fsp3) is 0.600. The van der Waals surface area contributed by atoms with Crippen LogP contribution in [0.3, 0.4) is 0 Å². The summed E-state index contributed by atoms with van der Waals surface area (Å²) in [5.74, 6) is -0.755. The van der Waals surface area contributed by atoms with Crippen molar-refractivity contribution in [2.24, 2.45) is 7.05 Å². The van der Waals surface area contributed by atoms with Crippen LogP contribution in [0.5, 0.6) is 0 Å². The van der Waals surface area contributed by atoms with Gasteiger partial charge in [0.2, 0.25) is 0 Å². The van der Waals surface area contributed by atoms with E-state index in [2.05, 4.69) is 10.00 Å². The standard InChI is InChI=1S/C10H17N3O2/c1-3-13(7-5-10(14)15)8-9-4-6-12(2)11-9/h4,6H,3,5,7-8H2,1-2H3,(H,14,15). The highest BCUT2D eigenvalue weighted by atomic mass is 16.4. The van der Waals surface area contributed by atoms with Crippen molar-refractivity contribution in [3.8, 4) is 0 Å². The Bertz CT molecular complexity index is 322. The van der Waals surface area contributed by atoms with E-state index in [-0.39, 0.29) is 6.42 Å². The van der Waals surface area contributed by atoms with E-state index < -0.39 is 5.97 Å². The summed E-state index contributed by atoms with van der Waals surface area (Å²) >= 11 is 0. The molecule has 1 rings (SSSR count). The Morgan fingerprint density at radius 3 is 2.87 bits per heavy atom. The second-order valence-electron chi connectivity index (χ2n) is 3.49. The summed E-state index contributed by atoms with van der Waals surface area (Å²) in [6, 6.07) is 1.95. The van der Waals surface area contributed by atoms with Gasteiger partial charge in [-0.2, -0.15) is 5.10 Å². The van der Waals surface area contributed by atoms with Crippen molar-refractivity contribution >= 4 is 5.97 Å². The minimum atomic E-state index is -0.755. The molecule has 1 N–H and O–H groups in total. The van der Waals surface area contributed by atoms with Crippen molar-refractivity contribution in [3.05, 3.63) is 18.0 Å². The number of aryl methyl sites for hydroxylation is 1. The number of nitrogens with zero attached hydrogens (tertiary/aromatic N) is 3. The molecular weight excluding hydrogens is 194 g/mol. The Kier molecular flexibility index (Phi) is 4.30. The average Bonchev–Trinajstić information content (AvgIpc) is 2.58. The van der Waals surface area contributed by atoms with Crippen LogP contribution < -0.4 is 0 Å². The molecule has 0 unspecified atom stereocenters. The van der Waals surface area contributed by atoms with E-state index in [0.717, 1.165) is 12.2 Å². The van der Waals surface area contributed by atoms with Gasteiger partial charge in [-0.25, -0.2) is 0 Å². The summed E-state index contributed by atoms with van der Waals surface area (Å²) in [5.41, 5.74) is 0.977. The monoisotopic (exact) mass is 211 g/mol. The molecule has 0 aliphatic carbocycles. The van der Waals surface area contributed by atoms with E-state index in [1.54, 1.807) is 4.68 Å². The molecule has 84 valence electrons. The van der Waals surface area contributed by atoms with E-state index in [0.29, 0.717) is 13.1 Å². The summed E-state index contributed by atoms with van der Waals surface area (Å²) < 4.78 is 1.75. The Morgan fingerprint density at radius 2 is 2.40 bits per heavy atom. The largest absolute Gasteiger partial charge is 0.481 e. The third-order valence-corrected chi connectivity index (χ3v) is 2.24. The number of hydrogen-bond donors (Lipinski definition) is 1. The molecule has 0 aromatic carbocycles. The van der Waals surface area contributed by atoms with Gasteiger partial charge >= 0.3 is 5.97 Å². The highest BCUT2D eigenvalue weighted by molar-refractivity contribution is 5.66. The maximum absolute atomic E-state index is 10.4. The number of hydrogen-bond acceptors (Lipinski definition) is 3. The van der Waals surface area contributed by atoms with Gasteiger partial charge < -0.3 is 5.11 Å². The molecule has 1 aromatic rings. The summed E-state index contributed by atoms with van der Waals surface area (Å²) in [5, 5.41) is 12.8. The predicted octanol–water partition coefficient (Wildman–Crippen LogP) is 0.717. The minimum Gasteiger partial charge on any atom is -0.481 e. The Hall–Kier alpha value is -1.36.